The zero-order valence-corrected chi connectivity index (χ0v) is 15.2. The predicted octanol–water partition coefficient (Wildman–Crippen LogP) is 2.77. The molecule has 1 saturated heterocycles. The van der Waals surface area contributed by atoms with Crippen molar-refractivity contribution in [1.29, 1.82) is 0 Å². The van der Waals surface area contributed by atoms with Crippen molar-refractivity contribution >= 4 is 16.0 Å². The molecule has 0 spiro atoms. The van der Waals surface area contributed by atoms with Crippen LogP contribution in [0.3, 0.4) is 0 Å². The minimum Gasteiger partial charge on any atom is -0.505 e. The maximum Gasteiger partial charge on any atom is 0.338 e. The van der Waals surface area contributed by atoms with E-state index in [-0.39, 0.29) is 29.5 Å². The molecule has 1 fully saturated rings. The van der Waals surface area contributed by atoms with Crippen molar-refractivity contribution in [2.24, 2.45) is 0 Å². The molecule has 2 aliphatic rings. The Bertz CT molecular complexity index is 1020. The van der Waals surface area contributed by atoms with Gasteiger partial charge in [-0.2, -0.15) is 4.31 Å². The predicted molar refractivity (Wildman–Crippen MR) is 94.4 cm³/mol. The van der Waals surface area contributed by atoms with Crippen LogP contribution in [0.1, 0.15) is 40.2 Å². The highest BCUT2D eigenvalue weighted by Crippen LogP contribution is 2.35. The first-order chi connectivity index (χ1) is 12.9. The minimum atomic E-state index is -3.86. The molecule has 27 heavy (non-hydrogen) atoms. The third-order valence-corrected chi connectivity index (χ3v) is 7.10. The summed E-state index contributed by atoms with van der Waals surface area (Å²) < 4.78 is 47.0. The molecule has 2 aromatic carbocycles. The number of phenols is 1. The fourth-order valence-corrected chi connectivity index (χ4v) is 5.52. The Hall–Kier alpha value is -2.45. The maximum atomic E-state index is 14.3. The van der Waals surface area contributed by atoms with Crippen molar-refractivity contribution in [1.82, 2.24) is 4.31 Å². The van der Waals surface area contributed by atoms with Gasteiger partial charge in [-0.15, -0.1) is 0 Å². The number of halogens is 1. The molecule has 2 aromatic rings. The molecule has 142 valence electrons. The summed E-state index contributed by atoms with van der Waals surface area (Å²) in [7, 11) is -3.86. The smallest absolute Gasteiger partial charge is 0.338 e. The van der Waals surface area contributed by atoms with Gasteiger partial charge in [0.1, 0.15) is 6.61 Å². The summed E-state index contributed by atoms with van der Waals surface area (Å²) in [5.74, 6) is -2.03. The summed E-state index contributed by atoms with van der Waals surface area (Å²) in [6.45, 7) is 0.362. The average Bonchev–Trinajstić information content (AvgIpc) is 3.05. The molecule has 1 atom stereocenters. The maximum absolute atomic E-state index is 14.3. The van der Waals surface area contributed by atoms with Gasteiger partial charge in [0.2, 0.25) is 10.0 Å². The zero-order chi connectivity index (χ0) is 19.2. The number of nitrogens with zero attached hydrogens (tertiary/aromatic N) is 1. The first kappa shape index (κ1) is 17.9. The van der Waals surface area contributed by atoms with Crippen LogP contribution in [-0.2, 0) is 21.4 Å². The first-order valence-corrected chi connectivity index (χ1v) is 10.1. The molecule has 0 bridgehead atoms. The molecule has 6 nitrogen and oxygen atoms in total. The number of hydrogen-bond donors (Lipinski definition) is 1. The van der Waals surface area contributed by atoms with Crippen molar-refractivity contribution in [2.75, 3.05) is 13.1 Å². The number of benzene rings is 2. The molecule has 2 heterocycles. The third-order valence-electron chi connectivity index (χ3n) is 5.15. The van der Waals surface area contributed by atoms with E-state index in [4.69, 9.17) is 4.74 Å². The lowest BCUT2D eigenvalue weighted by molar-refractivity contribution is 0.0533. The van der Waals surface area contributed by atoms with E-state index < -0.39 is 27.6 Å². The quantitative estimate of drug-likeness (QED) is 0.814. The molecule has 0 aliphatic carbocycles. The summed E-state index contributed by atoms with van der Waals surface area (Å²) in [6, 6.07) is 8.92. The number of cyclic esters (lactones) is 1. The summed E-state index contributed by atoms with van der Waals surface area (Å²) in [5, 5.41) is 9.61. The van der Waals surface area contributed by atoms with Gasteiger partial charge in [0, 0.05) is 24.6 Å². The highest BCUT2D eigenvalue weighted by Gasteiger charge is 2.36. The second-order valence-corrected chi connectivity index (χ2v) is 8.65. The number of carbonyl (C=O) groups is 1. The van der Waals surface area contributed by atoms with Gasteiger partial charge in [-0.25, -0.2) is 17.6 Å². The monoisotopic (exact) mass is 391 g/mol. The van der Waals surface area contributed by atoms with E-state index in [1.807, 2.05) is 0 Å². The number of carbonyl (C=O) groups excluding carboxylic acids is 1. The van der Waals surface area contributed by atoms with E-state index in [1.54, 1.807) is 18.2 Å². The molecule has 0 aromatic heterocycles. The lowest BCUT2D eigenvalue weighted by atomic mass is 9.91. The Morgan fingerprint density at radius 1 is 1.19 bits per heavy atom. The fraction of sp³-hybridized carbons (Fsp3) is 0.316. The molecular formula is C19H18FNO5S. The molecule has 1 unspecified atom stereocenters. The van der Waals surface area contributed by atoms with Crippen LogP contribution in [0, 0.1) is 5.82 Å². The average molecular weight is 391 g/mol. The van der Waals surface area contributed by atoms with Gasteiger partial charge < -0.3 is 9.84 Å². The Morgan fingerprint density at radius 2 is 1.96 bits per heavy atom. The molecule has 1 N–H and O–H groups in total. The Balaban J connectivity index is 1.67. The van der Waals surface area contributed by atoms with Crippen LogP contribution in [0.5, 0.6) is 5.75 Å². The van der Waals surface area contributed by atoms with E-state index >= 15 is 0 Å². The fourth-order valence-electron chi connectivity index (χ4n) is 3.77. The van der Waals surface area contributed by atoms with Crippen LogP contribution < -0.4 is 0 Å². The highest BCUT2D eigenvalue weighted by molar-refractivity contribution is 7.89. The van der Waals surface area contributed by atoms with Crippen molar-refractivity contribution in [3.05, 3.63) is 58.9 Å². The topological polar surface area (TPSA) is 83.9 Å². The van der Waals surface area contributed by atoms with E-state index in [0.29, 0.717) is 30.5 Å². The number of aromatic hydroxyl groups is 1. The molecular weight excluding hydrogens is 373 g/mol. The van der Waals surface area contributed by atoms with Gasteiger partial charge in [0.05, 0.1) is 10.5 Å². The van der Waals surface area contributed by atoms with Crippen molar-refractivity contribution in [3.63, 3.8) is 0 Å². The van der Waals surface area contributed by atoms with Gasteiger partial charge in [-0.05, 0) is 36.6 Å². The number of sulfonamides is 1. The zero-order valence-electron chi connectivity index (χ0n) is 14.4. The lowest BCUT2D eigenvalue weighted by Gasteiger charge is -2.32. The number of piperidine rings is 1. The number of esters is 1. The standard InChI is InChI=1S/C19H18FNO5S/c20-18-13(5-1-7-16(18)22)12-4-3-9-21(10-12)27(24,25)17-8-2-6-14-15(17)11-26-19(14)23/h1-2,5-8,12,22H,3-4,9-11H2. The van der Waals surface area contributed by atoms with Crippen LogP contribution in [0.2, 0.25) is 0 Å². The Labute approximate surface area is 156 Å². The minimum absolute atomic E-state index is 0.0582. The second kappa shape index (κ2) is 6.61. The highest BCUT2D eigenvalue weighted by atomic mass is 32.2. The van der Waals surface area contributed by atoms with Gasteiger partial charge in [-0.1, -0.05) is 18.2 Å². The summed E-state index contributed by atoms with van der Waals surface area (Å²) >= 11 is 0. The SMILES string of the molecule is O=C1OCc2c1cccc2S(=O)(=O)N1CCCC(c2cccc(O)c2F)C1. The number of rotatable bonds is 3. The van der Waals surface area contributed by atoms with Crippen LogP contribution in [0.15, 0.2) is 41.3 Å². The van der Waals surface area contributed by atoms with Gasteiger partial charge in [0.15, 0.2) is 11.6 Å². The van der Waals surface area contributed by atoms with Crippen molar-refractivity contribution < 1.29 is 27.4 Å². The molecule has 0 amide bonds. The van der Waals surface area contributed by atoms with E-state index in [2.05, 4.69) is 0 Å². The van der Waals surface area contributed by atoms with E-state index in [1.165, 1.54) is 22.5 Å². The third kappa shape index (κ3) is 2.98. The molecule has 2 aliphatic heterocycles. The number of ether oxygens (including phenoxy) is 1. The van der Waals surface area contributed by atoms with Crippen molar-refractivity contribution in [2.45, 2.75) is 30.3 Å². The van der Waals surface area contributed by atoms with Crippen LogP contribution in [0.4, 0.5) is 4.39 Å². The molecule has 4 rings (SSSR count). The second-order valence-electron chi connectivity index (χ2n) is 6.74. The number of hydrogen-bond acceptors (Lipinski definition) is 5. The normalized spacial score (nSPS) is 20.3. The molecule has 8 heteroatoms. The first-order valence-electron chi connectivity index (χ1n) is 8.66. The summed E-state index contributed by atoms with van der Waals surface area (Å²) in [5.41, 5.74) is 0.948. The molecule has 0 radical (unpaired) electrons. The Morgan fingerprint density at radius 3 is 2.78 bits per heavy atom. The van der Waals surface area contributed by atoms with E-state index in [0.717, 1.165) is 0 Å². The number of phenolic OH excluding ortho intramolecular Hbond substituents is 1. The van der Waals surface area contributed by atoms with Crippen molar-refractivity contribution in [3.8, 4) is 5.75 Å². The Kier molecular flexibility index (Phi) is 4.39. The summed E-state index contributed by atoms with van der Waals surface area (Å²) in [6.07, 6.45) is 1.20. The lowest BCUT2D eigenvalue weighted by Crippen LogP contribution is -2.39. The van der Waals surface area contributed by atoms with Crippen LogP contribution >= 0.6 is 0 Å². The van der Waals surface area contributed by atoms with Crippen LogP contribution in [0.25, 0.3) is 0 Å². The number of fused-ring (bicyclic) bond motifs is 1. The largest absolute Gasteiger partial charge is 0.505 e. The molecule has 0 saturated carbocycles. The van der Waals surface area contributed by atoms with Gasteiger partial charge >= 0.3 is 5.97 Å². The van der Waals surface area contributed by atoms with Crippen LogP contribution in [-0.4, -0.2) is 36.9 Å². The van der Waals surface area contributed by atoms with Gasteiger partial charge in [0.25, 0.3) is 0 Å². The van der Waals surface area contributed by atoms with Gasteiger partial charge in [-0.3, -0.25) is 0 Å². The summed E-state index contributed by atoms with van der Waals surface area (Å²) in [4.78, 5) is 11.8. The van der Waals surface area contributed by atoms with E-state index in [9.17, 15) is 22.7 Å².